The summed E-state index contributed by atoms with van der Waals surface area (Å²) in [4.78, 5) is 12.3. The predicted molar refractivity (Wildman–Crippen MR) is 81.2 cm³/mol. The highest BCUT2D eigenvalue weighted by atomic mass is 16.3. The van der Waals surface area contributed by atoms with Crippen molar-refractivity contribution in [3.8, 4) is 0 Å². The van der Waals surface area contributed by atoms with Gasteiger partial charge < -0.3 is 4.42 Å². The van der Waals surface area contributed by atoms with Gasteiger partial charge in [-0.1, -0.05) is 36.4 Å². The first-order chi connectivity index (χ1) is 10.3. The minimum absolute atomic E-state index is 0.226. The molecule has 1 N–H and O–H groups in total. The van der Waals surface area contributed by atoms with Crippen molar-refractivity contribution in [1.29, 1.82) is 0 Å². The lowest BCUT2D eigenvalue weighted by atomic mass is 10.2. The van der Waals surface area contributed by atoms with Gasteiger partial charge >= 0.3 is 0 Å². The lowest BCUT2D eigenvalue weighted by Crippen LogP contribution is -2.38. The van der Waals surface area contributed by atoms with Crippen LogP contribution in [-0.2, 0) is 0 Å². The number of carbonyl (C=O) groups excluding carboxylic acids is 1. The van der Waals surface area contributed by atoms with E-state index >= 15 is 0 Å². The molecule has 2 aromatic carbocycles. The summed E-state index contributed by atoms with van der Waals surface area (Å²) in [7, 11) is 0. The molecule has 104 valence electrons. The van der Waals surface area contributed by atoms with E-state index in [1.807, 2.05) is 60.7 Å². The predicted octanol–water partition coefficient (Wildman–Crippen LogP) is 3.76. The summed E-state index contributed by atoms with van der Waals surface area (Å²) in [6.45, 7) is 0. The molecule has 0 saturated carbocycles. The summed E-state index contributed by atoms with van der Waals surface area (Å²) < 4.78 is 4.95. The number of benzene rings is 2. The van der Waals surface area contributed by atoms with E-state index in [0.29, 0.717) is 5.56 Å². The summed E-state index contributed by atoms with van der Waals surface area (Å²) in [5.41, 5.74) is 5.12. The van der Waals surface area contributed by atoms with Crippen LogP contribution in [0.15, 0.2) is 83.7 Å². The van der Waals surface area contributed by atoms with Crippen molar-refractivity contribution >= 4 is 17.3 Å². The zero-order chi connectivity index (χ0) is 14.5. The van der Waals surface area contributed by atoms with Crippen LogP contribution < -0.4 is 10.4 Å². The quantitative estimate of drug-likeness (QED) is 0.739. The van der Waals surface area contributed by atoms with E-state index in [2.05, 4.69) is 5.43 Å². The van der Waals surface area contributed by atoms with E-state index in [4.69, 9.17) is 4.42 Å². The van der Waals surface area contributed by atoms with Crippen molar-refractivity contribution < 1.29 is 9.21 Å². The van der Waals surface area contributed by atoms with Gasteiger partial charge in [0.1, 0.15) is 6.26 Å². The van der Waals surface area contributed by atoms with E-state index in [9.17, 15) is 4.79 Å². The number of para-hydroxylation sites is 2. The standard InChI is InChI=1S/C17H14N2O2/c20-17(14-11-12-21-13-14)18-19(15-7-3-1-4-8-15)16-9-5-2-6-10-16/h1-13H,(H,18,20). The van der Waals surface area contributed by atoms with Gasteiger partial charge in [-0.05, 0) is 30.3 Å². The maximum atomic E-state index is 12.3. The smallest absolute Gasteiger partial charge is 0.273 e. The Morgan fingerprint density at radius 1 is 0.857 bits per heavy atom. The van der Waals surface area contributed by atoms with Crippen LogP contribution in [0.5, 0.6) is 0 Å². The van der Waals surface area contributed by atoms with Crippen molar-refractivity contribution in [2.24, 2.45) is 0 Å². The number of anilines is 2. The summed E-state index contributed by atoms with van der Waals surface area (Å²) >= 11 is 0. The molecular formula is C17H14N2O2. The SMILES string of the molecule is O=C(NN(c1ccccc1)c1ccccc1)c1ccoc1. The van der Waals surface area contributed by atoms with E-state index < -0.39 is 0 Å². The highest BCUT2D eigenvalue weighted by Crippen LogP contribution is 2.22. The fourth-order valence-electron chi connectivity index (χ4n) is 1.99. The molecule has 1 heterocycles. The largest absolute Gasteiger partial charge is 0.472 e. The summed E-state index contributed by atoms with van der Waals surface area (Å²) in [5, 5.41) is 1.75. The number of furan rings is 1. The van der Waals surface area contributed by atoms with Crippen molar-refractivity contribution in [1.82, 2.24) is 5.43 Å². The first-order valence-corrected chi connectivity index (χ1v) is 6.58. The molecule has 0 atom stereocenters. The Hall–Kier alpha value is -3.01. The fraction of sp³-hybridized carbons (Fsp3) is 0. The number of nitrogens with one attached hydrogen (secondary N) is 1. The zero-order valence-corrected chi connectivity index (χ0v) is 11.3. The van der Waals surface area contributed by atoms with E-state index in [1.54, 1.807) is 11.1 Å². The molecule has 0 saturated heterocycles. The lowest BCUT2D eigenvalue weighted by Gasteiger charge is -2.25. The molecule has 0 aliphatic rings. The average Bonchev–Trinajstić information content (AvgIpc) is 3.09. The Morgan fingerprint density at radius 3 is 1.90 bits per heavy atom. The second-order valence-electron chi connectivity index (χ2n) is 4.46. The molecule has 3 aromatic rings. The van der Waals surface area contributed by atoms with Crippen LogP contribution in [0.2, 0.25) is 0 Å². The summed E-state index contributed by atoms with van der Waals surface area (Å²) in [5.74, 6) is -0.226. The molecule has 0 aliphatic carbocycles. The molecule has 0 radical (unpaired) electrons. The molecule has 0 fully saturated rings. The number of rotatable bonds is 4. The van der Waals surface area contributed by atoms with E-state index in [1.165, 1.54) is 12.5 Å². The van der Waals surface area contributed by atoms with Crippen molar-refractivity contribution in [3.05, 3.63) is 84.8 Å². The molecular weight excluding hydrogens is 264 g/mol. The first kappa shape index (κ1) is 13.0. The molecule has 1 aromatic heterocycles. The zero-order valence-electron chi connectivity index (χ0n) is 11.3. The summed E-state index contributed by atoms with van der Waals surface area (Å²) in [6.07, 6.45) is 2.90. The Morgan fingerprint density at radius 2 is 1.43 bits per heavy atom. The van der Waals surface area contributed by atoms with Crippen molar-refractivity contribution in [2.45, 2.75) is 0 Å². The van der Waals surface area contributed by atoms with Crippen LogP contribution in [-0.4, -0.2) is 5.91 Å². The minimum atomic E-state index is -0.226. The molecule has 1 amide bonds. The van der Waals surface area contributed by atoms with E-state index in [0.717, 1.165) is 11.4 Å². The number of hydrazine groups is 1. The maximum absolute atomic E-state index is 12.3. The van der Waals surface area contributed by atoms with Crippen LogP contribution >= 0.6 is 0 Å². The van der Waals surface area contributed by atoms with Crippen LogP contribution in [0, 0.1) is 0 Å². The Balaban J connectivity index is 1.92. The highest BCUT2D eigenvalue weighted by Gasteiger charge is 2.14. The molecule has 0 bridgehead atoms. The average molecular weight is 278 g/mol. The fourth-order valence-corrected chi connectivity index (χ4v) is 1.99. The first-order valence-electron chi connectivity index (χ1n) is 6.58. The normalized spacial score (nSPS) is 10.1. The maximum Gasteiger partial charge on any atom is 0.273 e. The highest BCUT2D eigenvalue weighted by molar-refractivity contribution is 5.95. The van der Waals surface area contributed by atoms with Crippen molar-refractivity contribution in [2.75, 3.05) is 5.01 Å². The van der Waals surface area contributed by atoms with Crippen molar-refractivity contribution in [3.63, 3.8) is 0 Å². The number of carbonyl (C=O) groups is 1. The van der Waals surface area contributed by atoms with E-state index in [-0.39, 0.29) is 5.91 Å². The Labute approximate surface area is 122 Å². The van der Waals surface area contributed by atoms with Crippen LogP contribution in [0.25, 0.3) is 0 Å². The Kier molecular flexibility index (Phi) is 3.69. The molecule has 4 nitrogen and oxygen atoms in total. The van der Waals surface area contributed by atoms with Gasteiger partial charge in [-0.25, -0.2) is 0 Å². The van der Waals surface area contributed by atoms with Gasteiger partial charge in [0.2, 0.25) is 0 Å². The molecule has 0 spiro atoms. The summed E-state index contributed by atoms with van der Waals surface area (Å²) in [6, 6.07) is 20.9. The van der Waals surface area contributed by atoms with Gasteiger partial charge in [0, 0.05) is 0 Å². The molecule has 3 rings (SSSR count). The number of amides is 1. The Bertz CT molecular complexity index is 655. The van der Waals surface area contributed by atoms with Gasteiger partial charge in [-0.15, -0.1) is 0 Å². The molecule has 0 aliphatic heterocycles. The minimum Gasteiger partial charge on any atom is -0.472 e. The van der Waals surface area contributed by atoms with Gasteiger partial charge in [0.25, 0.3) is 5.91 Å². The van der Waals surface area contributed by atoms with Gasteiger partial charge in [0.15, 0.2) is 0 Å². The third-order valence-corrected chi connectivity index (χ3v) is 3.03. The second-order valence-corrected chi connectivity index (χ2v) is 4.46. The van der Waals surface area contributed by atoms with Gasteiger partial charge in [-0.2, -0.15) is 0 Å². The molecule has 21 heavy (non-hydrogen) atoms. The van der Waals surface area contributed by atoms with Gasteiger partial charge in [0.05, 0.1) is 23.2 Å². The monoisotopic (exact) mass is 278 g/mol. The second kappa shape index (κ2) is 5.96. The number of hydrogen-bond donors (Lipinski definition) is 1. The third kappa shape index (κ3) is 2.95. The molecule has 4 heteroatoms. The lowest BCUT2D eigenvalue weighted by molar-refractivity contribution is 0.0953. The third-order valence-electron chi connectivity index (χ3n) is 3.03. The van der Waals surface area contributed by atoms with Crippen LogP contribution in [0.3, 0.4) is 0 Å². The number of hydrogen-bond acceptors (Lipinski definition) is 3. The van der Waals surface area contributed by atoms with Crippen LogP contribution in [0.4, 0.5) is 11.4 Å². The van der Waals surface area contributed by atoms with Gasteiger partial charge in [-0.3, -0.25) is 15.2 Å². The number of nitrogens with zero attached hydrogens (tertiary/aromatic N) is 1. The molecule has 0 unspecified atom stereocenters. The van der Waals surface area contributed by atoms with Crippen LogP contribution in [0.1, 0.15) is 10.4 Å². The topological polar surface area (TPSA) is 45.5 Å².